The molecule has 0 spiro atoms. The lowest BCUT2D eigenvalue weighted by Crippen LogP contribution is -2.30. The molecule has 0 saturated carbocycles. The summed E-state index contributed by atoms with van der Waals surface area (Å²) in [5, 5.41) is 2.87. The highest BCUT2D eigenvalue weighted by atomic mass is 28.3. The lowest BCUT2D eigenvalue weighted by molar-refractivity contribution is 1.60. The van der Waals surface area contributed by atoms with Gasteiger partial charge in [0.05, 0.1) is 0 Å². The van der Waals surface area contributed by atoms with E-state index in [1.54, 1.807) is 0 Å². The molecule has 0 amide bonds. The Morgan fingerprint density at radius 2 is 0.742 bits per heavy atom. The first-order chi connectivity index (χ1) is 15.1. The fourth-order valence-electron chi connectivity index (χ4n) is 4.06. The summed E-state index contributed by atoms with van der Waals surface area (Å²) in [4.78, 5) is 0. The van der Waals surface area contributed by atoms with Crippen molar-refractivity contribution in [3.8, 4) is 0 Å². The van der Waals surface area contributed by atoms with E-state index < -0.39 is 8.07 Å². The van der Waals surface area contributed by atoms with Gasteiger partial charge in [0, 0.05) is 0 Å². The molecule has 0 bridgehead atoms. The van der Waals surface area contributed by atoms with E-state index in [1.807, 2.05) is 0 Å². The van der Waals surface area contributed by atoms with Crippen LogP contribution in [0.3, 0.4) is 0 Å². The topological polar surface area (TPSA) is 0 Å². The van der Waals surface area contributed by atoms with Crippen molar-refractivity contribution < 1.29 is 0 Å². The third-order valence-corrected chi connectivity index (χ3v) is 9.30. The minimum Gasteiger partial charge on any atom is -0.0622 e. The lowest BCUT2D eigenvalue weighted by atomic mass is 10.1. The molecule has 4 aromatic carbocycles. The zero-order valence-corrected chi connectivity index (χ0v) is 19.2. The third kappa shape index (κ3) is 5.02. The maximum atomic E-state index is 2.47. The quantitative estimate of drug-likeness (QED) is 0.219. The van der Waals surface area contributed by atoms with E-state index in [9.17, 15) is 0 Å². The van der Waals surface area contributed by atoms with Crippen molar-refractivity contribution >= 4 is 30.6 Å². The Bertz CT molecular complexity index is 1060. The van der Waals surface area contributed by atoms with E-state index in [-0.39, 0.29) is 0 Å². The van der Waals surface area contributed by atoms with Gasteiger partial charge in [-0.05, 0) is 32.6 Å². The first-order valence-corrected chi connectivity index (χ1v) is 13.8. The maximum Gasteiger partial charge on any atom is 0.113 e. The molecule has 4 aromatic rings. The van der Waals surface area contributed by atoms with E-state index in [1.165, 1.54) is 32.6 Å². The van der Waals surface area contributed by atoms with Crippen molar-refractivity contribution in [1.82, 2.24) is 0 Å². The number of hydrogen-bond acceptors (Lipinski definition) is 0. The van der Waals surface area contributed by atoms with E-state index in [0.29, 0.717) is 0 Å². The van der Waals surface area contributed by atoms with Gasteiger partial charge in [-0.2, -0.15) is 0 Å². The highest BCUT2D eigenvalue weighted by Crippen LogP contribution is 2.39. The molecular formula is C30H28Si. The summed E-state index contributed by atoms with van der Waals surface area (Å²) in [6, 6.07) is 43.1. The SMILES string of the molecule is C[Si](C)(/C(=C/c1ccccc1)c1ccccc1)/C(=C/c1ccccc1)c1ccccc1. The summed E-state index contributed by atoms with van der Waals surface area (Å²) in [6.07, 6.45) is 4.78. The molecule has 0 aliphatic carbocycles. The highest BCUT2D eigenvalue weighted by molar-refractivity contribution is 7.09. The third-order valence-electron chi connectivity index (χ3n) is 5.74. The van der Waals surface area contributed by atoms with Crippen molar-refractivity contribution in [3.63, 3.8) is 0 Å². The largest absolute Gasteiger partial charge is 0.113 e. The van der Waals surface area contributed by atoms with Crippen molar-refractivity contribution in [2.45, 2.75) is 13.1 Å². The second kappa shape index (κ2) is 9.59. The van der Waals surface area contributed by atoms with Gasteiger partial charge in [0.1, 0.15) is 8.07 Å². The standard InChI is InChI=1S/C30H28Si/c1-31(2,29(27-19-11-5-12-20-27)23-25-15-7-3-8-16-25)30(28-21-13-6-14-22-28)24-26-17-9-4-10-18-26/h3-24H,1-2H3/b29-23+,30-24+. The Morgan fingerprint density at radius 3 is 1.06 bits per heavy atom. The average molecular weight is 417 g/mol. The molecule has 0 aromatic heterocycles. The fraction of sp³-hybridized carbons (Fsp3) is 0.0667. The summed E-state index contributed by atoms with van der Waals surface area (Å²) < 4.78 is 0. The van der Waals surface area contributed by atoms with Crippen LogP contribution in [-0.4, -0.2) is 8.07 Å². The van der Waals surface area contributed by atoms with Gasteiger partial charge in [0.2, 0.25) is 0 Å². The van der Waals surface area contributed by atoms with Crippen LogP contribution in [0.4, 0.5) is 0 Å². The molecule has 0 N–H and O–H groups in total. The highest BCUT2D eigenvalue weighted by Gasteiger charge is 2.32. The normalized spacial score (nSPS) is 12.6. The van der Waals surface area contributed by atoms with Crippen LogP contribution < -0.4 is 0 Å². The Balaban J connectivity index is 1.93. The van der Waals surface area contributed by atoms with Gasteiger partial charge < -0.3 is 0 Å². The summed E-state index contributed by atoms with van der Waals surface area (Å²) in [5.41, 5.74) is 5.10. The molecule has 0 saturated heterocycles. The Morgan fingerprint density at radius 1 is 0.452 bits per heavy atom. The molecule has 4 rings (SSSR count). The molecule has 0 aliphatic rings. The van der Waals surface area contributed by atoms with Crippen molar-refractivity contribution in [3.05, 3.63) is 144 Å². The van der Waals surface area contributed by atoms with Gasteiger partial charge in [-0.15, -0.1) is 0 Å². The van der Waals surface area contributed by atoms with Crippen molar-refractivity contribution in [2.24, 2.45) is 0 Å². The van der Waals surface area contributed by atoms with Crippen LogP contribution in [-0.2, 0) is 0 Å². The van der Waals surface area contributed by atoms with Crippen LogP contribution in [0.25, 0.3) is 22.5 Å². The fourth-order valence-corrected chi connectivity index (χ4v) is 7.18. The van der Waals surface area contributed by atoms with Gasteiger partial charge in [-0.25, -0.2) is 0 Å². The molecule has 0 fully saturated rings. The van der Waals surface area contributed by atoms with Gasteiger partial charge in [-0.1, -0.05) is 147 Å². The molecular weight excluding hydrogens is 388 g/mol. The maximum absolute atomic E-state index is 2.47. The van der Waals surface area contributed by atoms with Crippen LogP contribution in [0.15, 0.2) is 121 Å². The molecule has 0 unspecified atom stereocenters. The Labute approximate surface area is 187 Å². The van der Waals surface area contributed by atoms with Crippen LogP contribution in [0.5, 0.6) is 0 Å². The lowest BCUT2D eigenvalue weighted by Gasteiger charge is -2.31. The first kappa shape index (κ1) is 20.8. The monoisotopic (exact) mass is 416 g/mol. The predicted octanol–water partition coefficient (Wildman–Crippen LogP) is 8.25. The minimum absolute atomic E-state index is 1.24. The summed E-state index contributed by atoms with van der Waals surface area (Å²) in [5.74, 6) is 0. The van der Waals surface area contributed by atoms with Gasteiger partial charge in [-0.3, -0.25) is 0 Å². The smallest absolute Gasteiger partial charge is 0.0622 e. The Kier molecular flexibility index (Phi) is 6.45. The first-order valence-electron chi connectivity index (χ1n) is 10.8. The zero-order chi connectivity index (χ0) is 21.5. The van der Waals surface area contributed by atoms with Crippen molar-refractivity contribution in [2.75, 3.05) is 0 Å². The molecule has 0 heterocycles. The van der Waals surface area contributed by atoms with Gasteiger partial charge >= 0.3 is 0 Å². The molecule has 0 atom stereocenters. The van der Waals surface area contributed by atoms with Crippen molar-refractivity contribution in [1.29, 1.82) is 0 Å². The molecule has 31 heavy (non-hydrogen) atoms. The molecule has 0 nitrogen and oxygen atoms in total. The second-order valence-electron chi connectivity index (χ2n) is 8.29. The number of benzene rings is 4. The Hall–Kier alpha value is -3.42. The van der Waals surface area contributed by atoms with E-state index in [4.69, 9.17) is 0 Å². The average Bonchev–Trinajstić information content (AvgIpc) is 2.83. The number of rotatable bonds is 6. The molecule has 1 heteroatoms. The minimum atomic E-state index is -2.09. The second-order valence-corrected chi connectivity index (χ2v) is 12.6. The van der Waals surface area contributed by atoms with E-state index in [0.717, 1.165) is 0 Å². The summed E-state index contributed by atoms with van der Waals surface area (Å²) >= 11 is 0. The molecule has 0 radical (unpaired) electrons. The van der Waals surface area contributed by atoms with E-state index >= 15 is 0 Å². The van der Waals surface area contributed by atoms with Gasteiger partial charge in [0.25, 0.3) is 0 Å². The van der Waals surface area contributed by atoms with E-state index in [2.05, 4.69) is 147 Å². The molecule has 152 valence electrons. The van der Waals surface area contributed by atoms with Gasteiger partial charge in [0.15, 0.2) is 0 Å². The van der Waals surface area contributed by atoms with Crippen LogP contribution in [0.1, 0.15) is 22.3 Å². The molecule has 0 aliphatic heterocycles. The number of hydrogen-bond donors (Lipinski definition) is 0. The summed E-state index contributed by atoms with van der Waals surface area (Å²) in [7, 11) is -2.09. The van der Waals surface area contributed by atoms with Crippen LogP contribution >= 0.6 is 0 Å². The van der Waals surface area contributed by atoms with Crippen LogP contribution in [0, 0.1) is 0 Å². The zero-order valence-electron chi connectivity index (χ0n) is 18.2. The predicted molar refractivity (Wildman–Crippen MR) is 139 cm³/mol. The summed E-state index contributed by atoms with van der Waals surface area (Å²) in [6.45, 7) is 4.94. The van der Waals surface area contributed by atoms with Crippen LogP contribution in [0.2, 0.25) is 13.1 Å².